The Balaban J connectivity index is 2.29. The molecule has 0 aromatic heterocycles. The number of carbonyl (C=O) groups excluding carboxylic acids is 1. The fourth-order valence-corrected chi connectivity index (χ4v) is 3.78. The Morgan fingerprint density at radius 1 is 1.24 bits per heavy atom. The summed E-state index contributed by atoms with van der Waals surface area (Å²) in [4.78, 5) is 14.1. The second-order valence-corrected chi connectivity index (χ2v) is 7.61. The van der Waals surface area contributed by atoms with Crippen LogP contribution in [0.15, 0.2) is 36.4 Å². The summed E-state index contributed by atoms with van der Waals surface area (Å²) in [6, 6.07) is 12.3. The number of hydrogen-bond donors (Lipinski definition) is 0. The lowest BCUT2D eigenvalue weighted by atomic mass is 10.1. The Labute approximate surface area is 168 Å². The van der Waals surface area contributed by atoms with E-state index < -0.39 is 0 Å². The van der Waals surface area contributed by atoms with Crippen LogP contribution in [0, 0.1) is 10.5 Å². The fraction of sp³-hybridized carbons (Fsp3) is 0.350. The summed E-state index contributed by atoms with van der Waals surface area (Å²) in [5.41, 5.74) is 4.42. The van der Waals surface area contributed by atoms with Gasteiger partial charge in [-0.1, -0.05) is 36.9 Å². The number of carbonyl (C=O) groups is 1. The predicted molar refractivity (Wildman–Crippen MR) is 116 cm³/mol. The Morgan fingerprint density at radius 2 is 2.00 bits per heavy atom. The first-order chi connectivity index (χ1) is 12.0. The van der Waals surface area contributed by atoms with Crippen molar-refractivity contribution in [2.24, 2.45) is 0 Å². The molecule has 0 aliphatic rings. The molecule has 0 N–H and O–H groups in total. The molecule has 0 saturated carbocycles. The summed E-state index contributed by atoms with van der Waals surface area (Å²) >= 11 is 3.54. The Hall–Kier alpha value is -1.21. The Morgan fingerprint density at radius 3 is 2.60 bits per heavy atom. The molecular formula is C20H24INO2S. The van der Waals surface area contributed by atoms with Crippen LogP contribution in [0.4, 0.5) is 10.5 Å². The van der Waals surface area contributed by atoms with Gasteiger partial charge in [0.2, 0.25) is 0 Å². The molecule has 0 unspecified atom stereocenters. The molecule has 1 amide bonds. The molecule has 0 fully saturated rings. The molecule has 0 radical (unpaired) electrons. The number of anilines is 1. The van der Waals surface area contributed by atoms with E-state index >= 15 is 0 Å². The van der Waals surface area contributed by atoms with Crippen molar-refractivity contribution in [3.05, 3.63) is 56.7 Å². The van der Waals surface area contributed by atoms with E-state index in [0.29, 0.717) is 13.2 Å². The van der Waals surface area contributed by atoms with Crippen LogP contribution in [0.25, 0.3) is 0 Å². The molecule has 5 heteroatoms. The highest BCUT2D eigenvalue weighted by molar-refractivity contribution is 14.1. The van der Waals surface area contributed by atoms with E-state index in [1.165, 1.54) is 17.3 Å². The highest BCUT2D eigenvalue weighted by Gasteiger charge is 2.18. The zero-order valence-corrected chi connectivity index (χ0v) is 18.1. The van der Waals surface area contributed by atoms with Crippen LogP contribution in [-0.2, 0) is 13.0 Å². The number of halogens is 1. The summed E-state index contributed by atoms with van der Waals surface area (Å²) in [5, 5.41) is 0.0502. The van der Waals surface area contributed by atoms with Gasteiger partial charge < -0.3 is 9.64 Å². The molecule has 2 rings (SSSR count). The summed E-state index contributed by atoms with van der Waals surface area (Å²) in [5.74, 6) is 0.891. The topological polar surface area (TPSA) is 29.5 Å². The maximum atomic E-state index is 12.3. The molecule has 0 heterocycles. The SMILES string of the molecule is CCc1ccc(OCc2c(I)cccc2N(CC)C(=O)SC)c(C)c1. The molecule has 0 saturated heterocycles. The van der Waals surface area contributed by atoms with E-state index in [2.05, 4.69) is 48.6 Å². The van der Waals surface area contributed by atoms with E-state index in [0.717, 1.165) is 32.6 Å². The molecule has 25 heavy (non-hydrogen) atoms. The fourth-order valence-electron chi connectivity index (χ4n) is 2.69. The lowest BCUT2D eigenvalue weighted by Gasteiger charge is -2.24. The number of nitrogens with zero attached hydrogens (tertiary/aromatic N) is 1. The Bertz CT molecular complexity index is 748. The summed E-state index contributed by atoms with van der Waals surface area (Å²) in [6.07, 6.45) is 2.83. The normalized spacial score (nSPS) is 10.6. The van der Waals surface area contributed by atoms with Gasteiger partial charge in [-0.25, -0.2) is 0 Å². The van der Waals surface area contributed by atoms with Crippen molar-refractivity contribution in [2.45, 2.75) is 33.8 Å². The van der Waals surface area contributed by atoms with Crippen LogP contribution in [0.1, 0.15) is 30.5 Å². The molecule has 0 atom stereocenters. The number of ether oxygens (including phenoxy) is 1. The first-order valence-corrected chi connectivity index (χ1v) is 10.7. The molecule has 0 aliphatic carbocycles. The van der Waals surface area contributed by atoms with Crippen molar-refractivity contribution in [3.63, 3.8) is 0 Å². The van der Waals surface area contributed by atoms with Crippen molar-refractivity contribution < 1.29 is 9.53 Å². The van der Waals surface area contributed by atoms with Gasteiger partial charge in [0.25, 0.3) is 5.24 Å². The summed E-state index contributed by atoms with van der Waals surface area (Å²) in [6.45, 7) is 7.29. The van der Waals surface area contributed by atoms with Crippen LogP contribution in [0.2, 0.25) is 0 Å². The van der Waals surface area contributed by atoms with E-state index in [1.54, 1.807) is 4.90 Å². The van der Waals surface area contributed by atoms with Crippen LogP contribution < -0.4 is 9.64 Å². The number of aryl methyl sites for hydroxylation is 2. The molecule has 2 aromatic rings. The highest BCUT2D eigenvalue weighted by atomic mass is 127. The maximum absolute atomic E-state index is 12.3. The van der Waals surface area contributed by atoms with E-state index in [4.69, 9.17) is 4.74 Å². The van der Waals surface area contributed by atoms with Crippen LogP contribution in [0.3, 0.4) is 0 Å². The van der Waals surface area contributed by atoms with Crippen molar-refractivity contribution in [1.29, 1.82) is 0 Å². The summed E-state index contributed by atoms with van der Waals surface area (Å²) in [7, 11) is 0. The smallest absolute Gasteiger partial charge is 0.285 e. The van der Waals surface area contributed by atoms with E-state index in [-0.39, 0.29) is 5.24 Å². The molecular weight excluding hydrogens is 445 g/mol. The molecule has 0 aliphatic heterocycles. The number of amides is 1. The van der Waals surface area contributed by atoms with Crippen molar-refractivity contribution in [1.82, 2.24) is 0 Å². The number of benzene rings is 2. The van der Waals surface area contributed by atoms with Gasteiger partial charge in [-0.15, -0.1) is 0 Å². The minimum atomic E-state index is 0.0502. The lowest BCUT2D eigenvalue weighted by Crippen LogP contribution is -2.28. The quantitative estimate of drug-likeness (QED) is 0.483. The first-order valence-electron chi connectivity index (χ1n) is 8.37. The van der Waals surface area contributed by atoms with E-state index in [9.17, 15) is 4.79 Å². The zero-order valence-electron chi connectivity index (χ0n) is 15.1. The average molecular weight is 469 g/mol. The van der Waals surface area contributed by atoms with Gasteiger partial charge in [0.15, 0.2) is 0 Å². The van der Waals surface area contributed by atoms with Crippen LogP contribution >= 0.6 is 34.4 Å². The van der Waals surface area contributed by atoms with Gasteiger partial charge in [-0.2, -0.15) is 0 Å². The average Bonchev–Trinajstić information content (AvgIpc) is 2.62. The monoisotopic (exact) mass is 469 g/mol. The third-order valence-corrected chi connectivity index (χ3v) is 5.70. The van der Waals surface area contributed by atoms with Gasteiger partial charge in [0.1, 0.15) is 12.4 Å². The minimum absolute atomic E-state index is 0.0502. The molecule has 134 valence electrons. The standard InChI is InChI=1S/C20H24INO2S/c1-5-15-10-11-19(14(3)12-15)24-13-16-17(21)8-7-9-18(16)22(6-2)20(23)25-4/h7-12H,5-6,13H2,1-4H3. The van der Waals surface area contributed by atoms with Gasteiger partial charge >= 0.3 is 0 Å². The predicted octanol–water partition coefficient (Wildman–Crippen LogP) is 6.05. The largest absolute Gasteiger partial charge is 0.489 e. The van der Waals surface area contributed by atoms with Gasteiger partial charge in [0.05, 0.1) is 5.69 Å². The maximum Gasteiger partial charge on any atom is 0.285 e. The van der Waals surface area contributed by atoms with Crippen molar-refractivity contribution in [2.75, 3.05) is 17.7 Å². The molecule has 3 nitrogen and oxygen atoms in total. The third-order valence-electron chi connectivity index (χ3n) is 4.12. The van der Waals surface area contributed by atoms with Crippen LogP contribution in [-0.4, -0.2) is 18.0 Å². The van der Waals surface area contributed by atoms with Crippen LogP contribution in [0.5, 0.6) is 5.75 Å². The molecule has 0 spiro atoms. The van der Waals surface area contributed by atoms with E-state index in [1.807, 2.05) is 37.4 Å². The Kier molecular flexibility index (Phi) is 7.62. The van der Waals surface area contributed by atoms with Gasteiger partial charge in [-0.05, 0) is 78.4 Å². The van der Waals surface area contributed by atoms with Gasteiger partial charge in [0, 0.05) is 15.7 Å². The number of hydrogen-bond acceptors (Lipinski definition) is 3. The zero-order chi connectivity index (χ0) is 18.4. The van der Waals surface area contributed by atoms with Gasteiger partial charge in [-0.3, -0.25) is 4.79 Å². The number of rotatable bonds is 6. The van der Waals surface area contributed by atoms with Crippen molar-refractivity contribution >= 4 is 45.3 Å². The highest BCUT2D eigenvalue weighted by Crippen LogP contribution is 2.29. The summed E-state index contributed by atoms with van der Waals surface area (Å²) < 4.78 is 7.20. The lowest BCUT2D eigenvalue weighted by molar-refractivity contribution is 0.265. The second-order valence-electron chi connectivity index (χ2n) is 5.69. The minimum Gasteiger partial charge on any atom is -0.489 e. The van der Waals surface area contributed by atoms with Crippen molar-refractivity contribution in [3.8, 4) is 5.75 Å². The third kappa shape index (κ3) is 4.91. The number of thioether (sulfide) groups is 1. The first kappa shape index (κ1) is 20.1. The molecule has 2 aromatic carbocycles. The molecule has 0 bridgehead atoms. The second kappa shape index (κ2) is 9.48.